The number of likely N-dealkylation sites (tertiary alicyclic amines) is 1. The van der Waals surface area contributed by atoms with Crippen molar-refractivity contribution in [2.45, 2.75) is 13.3 Å². The van der Waals surface area contributed by atoms with Crippen LogP contribution in [0, 0.1) is 6.92 Å². The lowest BCUT2D eigenvalue weighted by atomic mass is 10.2. The molecular formula is C12H16N2O5. The molecule has 7 heteroatoms. The van der Waals surface area contributed by atoms with Gasteiger partial charge in [0.25, 0.3) is 0 Å². The molecule has 0 unspecified atom stereocenters. The van der Waals surface area contributed by atoms with Crippen LogP contribution < -0.4 is 0 Å². The number of aromatic nitrogens is 1. The fraction of sp³-hybridized carbons (Fsp3) is 0.417. The lowest BCUT2D eigenvalue weighted by Gasteiger charge is -2.01. The van der Waals surface area contributed by atoms with Crippen molar-refractivity contribution >= 4 is 18.0 Å². The number of carbonyl (C=O) groups is 2. The summed E-state index contributed by atoms with van der Waals surface area (Å²) in [4.78, 5) is 20.5. The Morgan fingerprint density at radius 1 is 1.42 bits per heavy atom. The SMILES string of the molecule is Cc1cc(/C=C2\CCN(C)C2)on1.O=C(O)C(=O)O. The molecule has 1 fully saturated rings. The zero-order valence-corrected chi connectivity index (χ0v) is 10.8. The van der Waals surface area contributed by atoms with Gasteiger partial charge < -0.3 is 19.6 Å². The van der Waals surface area contributed by atoms with E-state index in [0.29, 0.717) is 0 Å². The quantitative estimate of drug-likeness (QED) is 0.728. The highest BCUT2D eigenvalue weighted by Crippen LogP contribution is 2.17. The van der Waals surface area contributed by atoms with Gasteiger partial charge in [0, 0.05) is 19.2 Å². The second kappa shape index (κ2) is 6.69. The van der Waals surface area contributed by atoms with Crippen molar-refractivity contribution < 1.29 is 24.3 Å². The van der Waals surface area contributed by atoms with Crippen molar-refractivity contribution in [3.8, 4) is 0 Å². The van der Waals surface area contributed by atoms with E-state index >= 15 is 0 Å². The highest BCUT2D eigenvalue weighted by atomic mass is 16.5. The van der Waals surface area contributed by atoms with Crippen LogP contribution in [-0.2, 0) is 9.59 Å². The predicted molar refractivity (Wildman–Crippen MR) is 66.6 cm³/mol. The maximum atomic E-state index is 9.10. The van der Waals surface area contributed by atoms with Gasteiger partial charge in [-0.05, 0) is 26.5 Å². The smallest absolute Gasteiger partial charge is 0.414 e. The topological polar surface area (TPSA) is 104 Å². The predicted octanol–water partition coefficient (Wildman–Crippen LogP) is 0.858. The number of hydrogen-bond acceptors (Lipinski definition) is 5. The Kier molecular flexibility index (Phi) is 5.25. The van der Waals surface area contributed by atoms with Crippen LogP contribution in [0.5, 0.6) is 0 Å². The van der Waals surface area contributed by atoms with Crippen molar-refractivity contribution in [1.29, 1.82) is 0 Å². The minimum atomic E-state index is -1.82. The standard InChI is InChI=1S/C10H14N2O.C2H2O4/c1-8-5-10(13-11-8)6-9-3-4-12(2)7-9;3-1(4)2(5)6/h5-6H,3-4,7H2,1-2H3;(H,3,4)(H,5,6)/b9-6+;. The Morgan fingerprint density at radius 2 is 2.05 bits per heavy atom. The number of nitrogens with zero attached hydrogens (tertiary/aromatic N) is 2. The van der Waals surface area contributed by atoms with Crippen molar-refractivity contribution in [3.05, 3.63) is 23.1 Å². The van der Waals surface area contributed by atoms with E-state index < -0.39 is 11.9 Å². The van der Waals surface area contributed by atoms with Gasteiger partial charge in [0.2, 0.25) is 0 Å². The number of hydrogen-bond donors (Lipinski definition) is 2. The van der Waals surface area contributed by atoms with Gasteiger partial charge >= 0.3 is 11.9 Å². The Bertz CT molecular complexity index is 480. The van der Waals surface area contributed by atoms with Crippen LogP contribution in [0.4, 0.5) is 0 Å². The fourth-order valence-electron chi connectivity index (χ4n) is 1.61. The summed E-state index contributed by atoms with van der Waals surface area (Å²) in [5.74, 6) is -2.77. The van der Waals surface area contributed by atoms with Crippen molar-refractivity contribution in [3.63, 3.8) is 0 Å². The summed E-state index contributed by atoms with van der Waals surface area (Å²) in [5.41, 5.74) is 2.37. The molecule has 0 spiro atoms. The van der Waals surface area contributed by atoms with E-state index in [1.54, 1.807) is 0 Å². The van der Waals surface area contributed by atoms with Crippen LogP contribution in [0.3, 0.4) is 0 Å². The molecule has 1 saturated heterocycles. The van der Waals surface area contributed by atoms with E-state index in [2.05, 4.69) is 23.2 Å². The van der Waals surface area contributed by atoms with Crippen LogP contribution in [-0.4, -0.2) is 52.3 Å². The minimum Gasteiger partial charge on any atom is -0.473 e. The van der Waals surface area contributed by atoms with Crippen LogP contribution in [0.2, 0.25) is 0 Å². The monoisotopic (exact) mass is 268 g/mol. The van der Waals surface area contributed by atoms with Gasteiger partial charge in [-0.3, -0.25) is 0 Å². The summed E-state index contributed by atoms with van der Waals surface area (Å²) in [6, 6.07) is 1.96. The van der Waals surface area contributed by atoms with Crippen LogP contribution >= 0.6 is 0 Å². The second-order valence-corrected chi connectivity index (χ2v) is 4.27. The van der Waals surface area contributed by atoms with E-state index in [9.17, 15) is 0 Å². The zero-order valence-electron chi connectivity index (χ0n) is 10.8. The average Bonchev–Trinajstić information content (AvgIpc) is 2.89. The third-order valence-corrected chi connectivity index (χ3v) is 2.46. The largest absolute Gasteiger partial charge is 0.473 e. The molecule has 0 saturated carbocycles. The number of carboxylic acid groups (broad SMARTS) is 2. The Balaban J connectivity index is 0.000000258. The van der Waals surface area contributed by atoms with Crippen molar-refractivity contribution in [2.75, 3.05) is 20.1 Å². The van der Waals surface area contributed by atoms with Crippen LogP contribution in [0.1, 0.15) is 17.9 Å². The van der Waals surface area contributed by atoms with E-state index in [1.807, 2.05) is 13.0 Å². The van der Waals surface area contributed by atoms with Crippen molar-refractivity contribution in [2.24, 2.45) is 0 Å². The molecule has 1 aliphatic heterocycles. The lowest BCUT2D eigenvalue weighted by Crippen LogP contribution is -2.11. The summed E-state index contributed by atoms with van der Waals surface area (Å²) >= 11 is 0. The third-order valence-electron chi connectivity index (χ3n) is 2.46. The molecule has 0 amide bonds. The molecule has 0 aliphatic carbocycles. The first-order valence-corrected chi connectivity index (χ1v) is 5.66. The number of aryl methyl sites for hydroxylation is 1. The van der Waals surface area contributed by atoms with Gasteiger partial charge in [0.1, 0.15) is 0 Å². The average molecular weight is 268 g/mol. The normalized spacial score (nSPS) is 17.1. The summed E-state index contributed by atoms with van der Waals surface area (Å²) in [7, 11) is 2.13. The molecule has 19 heavy (non-hydrogen) atoms. The summed E-state index contributed by atoms with van der Waals surface area (Å²) in [6.45, 7) is 4.14. The number of carboxylic acids is 2. The lowest BCUT2D eigenvalue weighted by molar-refractivity contribution is -0.159. The van der Waals surface area contributed by atoms with Gasteiger partial charge in [-0.25, -0.2) is 9.59 Å². The third kappa shape index (κ3) is 5.35. The van der Waals surface area contributed by atoms with Gasteiger partial charge in [0.05, 0.1) is 5.69 Å². The molecule has 1 aliphatic rings. The molecular weight excluding hydrogens is 252 g/mol. The second-order valence-electron chi connectivity index (χ2n) is 4.27. The molecule has 0 bridgehead atoms. The fourth-order valence-corrected chi connectivity index (χ4v) is 1.61. The van der Waals surface area contributed by atoms with Gasteiger partial charge in [-0.15, -0.1) is 0 Å². The van der Waals surface area contributed by atoms with Gasteiger partial charge in [0.15, 0.2) is 5.76 Å². The molecule has 1 aromatic heterocycles. The molecule has 0 aromatic carbocycles. The molecule has 0 radical (unpaired) electrons. The van der Waals surface area contributed by atoms with Crippen molar-refractivity contribution in [1.82, 2.24) is 10.1 Å². The Labute approximate surface area is 110 Å². The number of likely N-dealkylation sites (N-methyl/N-ethyl adjacent to an activating group) is 1. The molecule has 2 heterocycles. The van der Waals surface area contributed by atoms with Crippen LogP contribution in [0.15, 0.2) is 16.2 Å². The number of aliphatic carboxylic acids is 2. The van der Waals surface area contributed by atoms with Gasteiger partial charge in [-0.2, -0.15) is 0 Å². The first kappa shape index (κ1) is 14.9. The van der Waals surface area contributed by atoms with Crippen LogP contribution in [0.25, 0.3) is 6.08 Å². The van der Waals surface area contributed by atoms with E-state index in [1.165, 1.54) is 5.57 Å². The maximum Gasteiger partial charge on any atom is 0.414 e. The molecule has 7 nitrogen and oxygen atoms in total. The molecule has 0 atom stereocenters. The summed E-state index contributed by atoms with van der Waals surface area (Å²) < 4.78 is 5.12. The van der Waals surface area contributed by atoms with E-state index in [-0.39, 0.29) is 0 Å². The highest BCUT2D eigenvalue weighted by molar-refractivity contribution is 6.27. The number of rotatable bonds is 1. The Hall–Kier alpha value is -2.15. The Morgan fingerprint density at radius 3 is 2.42 bits per heavy atom. The molecule has 2 N–H and O–H groups in total. The minimum absolute atomic E-state index is 0.878. The summed E-state index contributed by atoms with van der Waals surface area (Å²) in [6.07, 6.45) is 3.25. The summed E-state index contributed by atoms with van der Waals surface area (Å²) in [5, 5.41) is 18.6. The maximum absolute atomic E-state index is 9.10. The first-order valence-electron chi connectivity index (χ1n) is 5.66. The molecule has 2 rings (SSSR count). The van der Waals surface area contributed by atoms with E-state index in [4.69, 9.17) is 24.3 Å². The van der Waals surface area contributed by atoms with Gasteiger partial charge in [-0.1, -0.05) is 10.7 Å². The zero-order chi connectivity index (χ0) is 14.4. The molecule has 104 valence electrons. The first-order chi connectivity index (χ1) is 8.88. The van der Waals surface area contributed by atoms with E-state index in [0.717, 1.165) is 31.0 Å². The molecule has 1 aromatic rings. The highest BCUT2D eigenvalue weighted by Gasteiger charge is 2.12.